The first-order chi connectivity index (χ1) is 6.43. The van der Waals surface area contributed by atoms with Crippen LogP contribution in [0.1, 0.15) is 5.56 Å². The molecule has 2 heteroatoms. The fourth-order valence-corrected chi connectivity index (χ4v) is 1.33. The molecule has 0 amide bonds. The van der Waals surface area contributed by atoms with Gasteiger partial charge in [-0.3, -0.25) is 4.99 Å². The minimum Gasteiger partial charge on any atom is -0.275 e. The average molecular weight is 191 g/mol. The largest absolute Gasteiger partial charge is 0.275 e. The van der Waals surface area contributed by atoms with Gasteiger partial charge >= 0.3 is 0 Å². The first kappa shape index (κ1) is 10.3. The molecule has 0 saturated carbocycles. The van der Waals surface area contributed by atoms with E-state index in [1.54, 1.807) is 11.8 Å². The van der Waals surface area contributed by atoms with Gasteiger partial charge in [0.05, 0.1) is 0 Å². The van der Waals surface area contributed by atoms with Crippen molar-refractivity contribution < 1.29 is 0 Å². The highest BCUT2D eigenvalue weighted by Gasteiger charge is 1.87. The molecule has 1 heterocycles. The molecule has 1 aliphatic heterocycles. The third-order valence-corrected chi connectivity index (χ3v) is 2.21. The molecule has 0 N–H and O–H groups in total. The number of hydrogen-bond acceptors (Lipinski definition) is 2. The van der Waals surface area contributed by atoms with Crippen molar-refractivity contribution in [3.8, 4) is 0 Å². The average Bonchev–Trinajstić information content (AvgIpc) is 2.77. The number of thioether (sulfide) groups is 1. The summed E-state index contributed by atoms with van der Waals surface area (Å²) in [6.45, 7) is 4.73. The number of benzene rings is 1. The van der Waals surface area contributed by atoms with Gasteiger partial charge in [0, 0.05) is 12.3 Å². The van der Waals surface area contributed by atoms with Crippen LogP contribution in [0.25, 0.3) is 0 Å². The van der Waals surface area contributed by atoms with Crippen LogP contribution in [0.15, 0.2) is 35.3 Å². The second-order valence-corrected chi connectivity index (χ2v) is 3.44. The summed E-state index contributed by atoms with van der Waals surface area (Å²) >= 11 is 1.66. The first-order valence-corrected chi connectivity index (χ1v) is 5.28. The van der Waals surface area contributed by atoms with Gasteiger partial charge in [-0.15, -0.1) is 11.8 Å². The van der Waals surface area contributed by atoms with Crippen LogP contribution in [0.3, 0.4) is 0 Å². The second kappa shape index (κ2) is 6.72. The molecule has 0 bridgehead atoms. The molecule has 0 unspecified atom stereocenters. The predicted molar refractivity (Wildman–Crippen MR) is 60.3 cm³/mol. The number of aliphatic imine (C=N–C) groups is 1. The van der Waals surface area contributed by atoms with Gasteiger partial charge in [-0.25, -0.2) is 0 Å². The predicted octanol–water partition coefficient (Wildman–Crippen LogP) is 2.70. The molecular weight excluding hydrogens is 178 g/mol. The van der Waals surface area contributed by atoms with E-state index in [0.29, 0.717) is 0 Å². The van der Waals surface area contributed by atoms with Gasteiger partial charge in [-0.05, 0) is 18.9 Å². The van der Waals surface area contributed by atoms with E-state index < -0.39 is 0 Å². The second-order valence-electron chi connectivity index (χ2n) is 2.56. The van der Waals surface area contributed by atoms with Crippen LogP contribution >= 0.6 is 11.8 Å². The maximum Gasteiger partial charge on any atom is 0.122 e. The van der Waals surface area contributed by atoms with Crippen molar-refractivity contribution in [3.05, 3.63) is 42.8 Å². The summed E-state index contributed by atoms with van der Waals surface area (Å²) in [6.07, 6.45) is 0.890. The molecule has 0 spiro atoms. The fraction of sp³-hybridized carbons (Fsp3) is 0.273. The van der Waals surface area contributed by atoms with E-state index in [0.717, 1.165) is 18.7 Å². The molecule has 0 atom stereocenters. The van der Waals surface area contributed by atoms with Crippen LogP contribution in [-0.4, -0.2) is 17.8 Å². The van der Waals surface area contributed by atoms with Crippen molar-refractivity contribution in [1.29, 1.82) is 0 Å². The molecule has 2 radical (unpaired) electrons. The SMILES string of the molecule is [CH2]Cc1ccccc1.[C]1=NCCS1. The van der Waals surface area contributed by atoms with E-state index >= 15 is 0 Å². The van der Waals surface area contributed by atoms with Crippen LogP contribution in [0.4, 0.5) is 0 Å². The molecule has 68 valence electrons. The zero-order valence-corrected chi connectivity index (χ0v) is 8.39. The van der Waals surface area contributed by atoms with E-state index in [-0.39, 0.29) is 0 Å². The zero-order valence-electron chi connectivity index (χ0n) is 7.57. The van der Waals surface area contributed by atoms with Crippen molar-refractivity contribution in [3.63, 3.8) is 0 Å². The maximum absolute atomic E-state index is 3.80. The fourth-order valence-electron chi connectivity index (χ4n) is 0.873. The van der Waals surface area contributed by atoms with Gasteiger partial charge in [-0.2, -0.15) is 0 Å². The lowest BCUT2D eigenvalue weighted by atomic mass is 10.2. The summed E-state index contributed by atoms with van der Waals surface area (Å²) in [5, 5.41) is 0. The van der Waals surface area contributed by atoms with Gasteiger partial charge in [0.2, 0.25) is 0 Å². The molecular formula is C11H13NS. The lowest BCUT2D eigenvalue weighted by molar-refractivity contribution is 1.18. The van der Waals surface area contributed by atoms with Crippen molar-refractivity contribution in [2.45, 2.75) is 6.42 Å². The van der Waals surface area contributed by atoms with Crippen molar-refractivity contribution in [2.75, 3.05) is 12.3 Å². The number of rotatable bonds is 1. The van der Waals surface area contributed by atoms with Crippen LogP contribution in [-0.2, 0) is 6.42 Å². The summed E-state index contributed by atoms with van der Waals surface area (Å²) in [4.78, 5) is 3.80. The molecule has 1 aliphatic rings. The lowest BCUT2D eigenvalue weighted by Crippen LogP contribution is -1.74. The summed E-state index contributed by atoms with van der Waals surface area (Å²) in [6, 6.07) is 10.2. The Morgan fingerprint density at radius 2 is 2.15 bits per heavy atom. The topological polar surface area (TPSA) is 12.4 Å². The molecule has 1 aromatic carbocycles. The van der Waals surface area contributed by atoms with E-state index in [1.165, 1.54) is 5.56 Å². The minimum absolute atomic E-state index is 0.890. The molecule has 1 aromatic rings. The summed E-state index contributed by atoms with van der Waals surface area (Å²) in [7, 11) is 0. The van der Waals surface area contributed by atoms with Gasteiger partial charge in [-0.1, -0.05) is 30.3 Å². The van der Waals surface area contributed by atoms with Crippen LogP contribution < -0.4 is 0 Å². The summed E-state index contributed by atoms with van der Waals surface area (Å²) in [5.74, 6) is 1.14. The van der Waals surface area contributed by atoms with E-state index in [4.69, 9.17) is 0 Å². The van der Waals surface area contributed by atoms with Crippen LogP contribution in [0.2, 0.25) is 0 Å². The third kappa shape index (κ3) is 4.73. The highest BCUT2D eigenvalue weighted by atomic mass is 32.2. The maximum atomic E-state index is 3.80. The Morgan fingerprint density at radius 3 is 2.46 bits per heavy atom. The Balaban J connectivity index is 0.000000145. The Kier molecular flexibility index (Phi) is 5.34. The highest BCUT2D eigenvalue weighted by Crippen LogP contribution is 1.99. The van der Waals surface area contributed by atoms with E-state index in [9.17, 15) is 0 Å². The monoisotopic (exact) mass is 191 g/mol. The highest BCUT2D eigenvalue weighted by molar-refractivity contribution is 8.12. The van der Waals surface area contributed by atoms with Gasteiger partial charge < -0.3 is 0 Å². The summed E-state index contributed by atoms with van der Waals surface area (Å²) in [5.41, 5.74) is 4.06. The lowest BCUT2D eigenvalue weighted by Gasteiger charge is -1.89. The van der Waals surface area contributed by atoms with Gasteiger partial charge in [0.15, 0.2) is 0 Å². The molecule has 13 heavy (non-hydrogen) atoms. The Hall–Kier alpha value is -0.760. The third-order valence-electron chi connectivity index (χ3n) is 1.57. The van der Waals surface area contributed by atoms with Crippen molar-refractivity contribution in [2.24, 2.45) is 4.99 Å². The van der Waals surface area contributed by atoms with Crippen LogP contribution in [0.5, 0.6) is 0 Å². The Bertz CT molecular complexity index is 238. The normalized spacial score (nSPS) is 13.6. The Labute approximate surface area is 84.3 Å². The Morgan fingerprint density at radius 1 is 1.38 bits per heavy atom. The first-order valence-electron chi connectivity index (χ1n) is 4.30. The standard InChI is InChI=1S/C8H9.C3H4NS/c1-2-8-6-4-3-5-7-8;1-2-5-3-4-1/h3-7H,1-2H2;1-2H2. The smallest absolute Gasteiger partial charge is 0.122 e. The molecule has 0 aromatic heterocycles. The number of hydrogen-bond donors (Lipinski definition) is 0. The summed E-state index contributed by atoms with van der Waals surface area (Å²) < 4.78 is 0. The van der Waals surface area contributed by atoms with E-state index in [2.05, 4.69) is 29.6 Å². The van der Waals surface area contributed by atoms with Gasteiger partial charge in [0.25, 0.3) is 0 Å². The molecule has 0 aliphatic carbocycles. The molecule has 0 fully saturated rings. The van der Waals surface area contributed by atoms with Crippen molar-refractivity contribution in [1.82, 2.24) is 0 Å². The minimum atomic E-state index is 0.890. The molecule has 2 rings (SSSR count). The molecule has 1 nitrogen and oxygen atoms in total. The van der Waals surface area contributed by atoms with E-state index in [1.807, 2.05) is 18.2 Å². The quantitative estimate of drug-likeness (QED) is 0.665. The molecule has 0 saturated heterocycles. The number of nitrogens with zero attached hydrogens (tertiary/aromatic N) is 1. The van der Waals surface area contributed by atoms with Gasteiger partial charge in [0.1, 0.15) is 5.55 Å². The van der Waals surface area contributed by atoms with Crippen molar-refractivity contribution >= 4 is 17.3 Å². The zero-order chi connectivity index (χ0) is 9.36. The van der Waals surface area contributed by atoms with Crippen LogP contribution in [0, 0.1) is 6.92 Å².